The smallest absolute Gasteiger partial charge is 0.318 e. The number of thiophene rings is 1. The molecule has 1 aliphatic rings. The summed E-state index contributed by atoms with van der Waals surface area (Å²) in [6, 6.07) is 18.1. The van der Waals surface area contributed by atoms with Gasteiger partial charge in [-0.3, -0.25) is 0 Å². The van der Waals surface area contributed by atoms with Gasteiger partial charge in [0.15, 0.2) is 0 Å². The van der Waals surface area contributed by atoms with E-state index in [1.807, 2.05) is 58.7 Å². The van der Waals surface area contributed by atoms with E-state index in [-0.39, 0.29) is 12.1 Å². The normalized spacial score (nSPS) is 15.6. The van der Waals surface area contributed by atoms with E-state index >= 15 is 0 Å². The predicted molar refractivity (Wildman–Crippen MR) is 122 cm³/mol. The van der Waals surface area contributed by atoms with Crippen molar-refractivity contribution in [1.29, 1.82) is 0 Å². The molecule has 0 saturated carbocycles. The standard InChI is InChI=1S/C25H28N2O2S/c1-4-21-17(2)30-24-22(21)14-15-27(23(24)19-10-12-20(29-3)13-11-19)25(28)26-16-18-8-6-5-7-9-18/h5-13,23H,4,14-16H2,1-3H3,(H,26,28). The first-order valence-electron chi connectivity index (χ1n) is 10.5. The van der Waals surface area contributed by atoms with Crippen molar-refractivity contribution in [3.63, 3.8) is 0 Å². The van der Waals surface area contributed by atoms with Crippen molar-refractivity contribution in [2.75, 3.05) is 13.7 Å². The van der Waals surface area contributed by atoms with E-state index in [0.29, 0.717) is 13.1 Å². The maximum atomic E-state index is 13.2. The Morgan fingerprint density at radius 1 is 1.17 bits per heavy atom. The molecule has 2 aromatic carbocycles. The zero-order valence-electron chi connectivity index (χ0n) is 17.8. The molecule has 0 radical (unpaired) electrons. The number of fused-ring (bicyclic) bond motifs is 1. The Balaban J connectivity index is 1.66. The first-order chi connectivity index (χ1) is 14.6. The lowest BCUT2D eigenvalue weighted by Crippen LogP contribution is -2.45. The number of amides is 2. The monoisotopic (exact) mass is 420 g/mol. The predicted octanol–water partition coefficient (Wildman–Crippen LogP) is 5.48. The number of nitrogens with one attached hydrogen (secondary N) is 1. The minimum absolute atomic E-state index is 0.0191. The Kier molecular flexibility index (Phi) is 6.09. The Morgan fingerprint density at radius 3 is 2.57 bits per heavy atom. The lowest BCUT2D eigenvalue weighted by atomic mass is 9.92. The third kappa shape index (κ3) is 3.94. The Bertz CT molecular complexity index is 1010. The van der Waals surface area contributed by atoms with E-state index in [0.717, 1.165) is 29.7 Å². The molecule has 1 atom stereocenters. The van der Waals surface area contributed by atoms with Gasteiger partial charge < -0.3 is 15.0 Å². The highest BCUT2D eigenvalue weighted by Crippen LogP contribution is 2.43. The fourth-order valence-corrected chi connectivity index (χ4v) is 5.76. The first kappa shape index (κ1) is 20.5. The molecule has 1 aliphatic heterocycles. The third-order valence-electron chi connectivity index (χ3n) is 5.84. The van der Waals surface area contributed by atoms with Crippen LogP contribution in [0.4, 0.5) is 4.79 Å². The SMILES string of the molecule is CCc1c(C)sc2c1CCN(C(=O)NCc1ccccc1)C2c1ccc(OC)cc1. The molecule has 156 valence electrons. The molecule has 5 heteroatoms. The van der Waals surface area contributed by atoms with Crippen molar-refractivity contribution in [3.8, 4) is 5.75 Å². The second-order valence-corrected chi connectivity index (χ2v) is 8.85. The van der Waals surface area contributed by atoms with E-state index in [1.54, 1.807) is 7.11 Å². The molecule has 0 saturated heterocycles. The van der Waals surface area contributed by atoms with Gasteiger partial charge in [0.25, 0.3) is 0 Å². The van der Waals surface area contributed by atoms with Gasteiger partial charge in [-0.15, -0.1) is 11.3 Å². The number of ether oxygens (including phenoxy) is 1. The average Bonchev–Trinajstić information content (AvgIpc) is 3.12. The number of benzene rings is 2. The number of rotatable bonds is 5. The van der Waals surface area contributed by atoms with Crippen LogP contribution in [0.5, 0.6) is 5.75 Å². The van der Waals surface area contributed by atoms with Gasteiger partial charge in [-0.2, -0.15) is 0 Å². The van der Waals surface area contributed by atoms with E-state index in [2.05, 4.69) is 31.3 Å². The third-order valence-corrected chi connectivity index (χ3v) is 7.09. The molecule has 4 nitrogen and oxygen atoms in total. The number of carbonyl (C=O) groups is 1. The number of hydrogen-bond donors (Lipinski definition) is 1. The molecule has 2 heterocycles. The zero-order valence-corrected chi connectivity index (χ0v) is 18.6. The lowest BCUT2D eigenvalue weighted by molar-refractivity contribution is 0.181. The van der Waals surface area contributed by atoms with Crippen LogP contribution in [0.1, 0.15) is 45.0 Å². The molecule has 2 amide bonds. The Morgan fingerprint density at radius 2 is 1.90 bits per heavy atom. The van der Waals surface area contributed by atoms with Crippen LogP contribution in [-0.4, -0.2) is 24.6 Å². The highest BCUT2D eigenvalue weighted by molar-refractivity contribution is 7.12. The average molecular weight is 421 g/mol. The summed E-state index contributed by atoms with van der Waals surface area (Å²) < 4.78 is 5.34. The van der Waals surface area contributed by atoms with Crippen molar-refractivity contribution in [3.05, 3.63) is 86.6 Å². The van der Waals surface area contributed by atoms with Crippen LogP contribution in [-0.2, 0) is 19.4 Å². The maximum Gasteiger partial charge on any atom is 0.318 e. The molecular formula is C25H28N2O2S. The van der Waals surface area contributed by atoms with Gasteiger partial charge in [-0.05, 0) is 54.2 Å². The minimum Gasteiger partial charge on any atom is -0.497 e. The molecule has 0 aliphatic carbocycles. The second kappa shape index (κ2) is 8.92. The summed E-state index contributed by atoms with van der Waals surface area (Å²) in [5.41, 5.74) is 5.12. The van der Waals surface area contributed by atoms with Crippen molar-refractivity contribution >= 4 is 17.4 Å². The van der Waals surface area contributed by atoms with Crippen LogP contribution >= 0.6 is 11.3 Å². The number of carbonyl (C=O) groups excluding carboxylic acids is 1. The molecule has 3 aromatic rings. The topological polar surface area (TPSA) is 41.6 Å². The molecule has 0 spiro atoms. The van der Waals surface area contributed by atoms with Crippen LogP contribution in [0.3, 0.4) is 0 Å². The Labute approximate surface area is 182 Å². The van der Waals surface area contributed by atoms with Gasteiger partial charge in [-0.25, -0.2) is 4.79 Å². The van der Waals surface area contributed by atoms with Crippen molar-refractivity contribution < 1.29 is 9.53 Å². The summed E-state index contributed by atoms with van der Waals surface area (Å²) in [6.07, 6.45) is 1.95. The molecule has 1 aromatic heterocycles. The van der Waals surface area contributed by atoms with Crippen molar-refractivity contribution in [2.24, 2.45) is 0 Å². The quantitative estimate of drug-likeness (QED) is 0.593. The van der Waals surface area contributed by atoms with Crippen LogP contribution < -0.4 is 10.1 Å². The van der Waals surface area contributed by atoms with E-state index < -0.39 is 0 Å². The summed E-state index contributed by atoms with van der Waals surface area (Å²) in [4.78, 5) is 17.9. The van der Waals surface area contributed by atoms with Gasteiger partial charge in [0.1, 0.15) is 5.75 Å². The van der Waals surface area contributed by atoms with Gasteiger partial charge >= 0.3 is 6.03 Å². The highest BCUT2D eigenvalue weighted by Gasteiger charge is 2.35. The molecule has 4 rings (SSSR count). The molecule has 1 unspecified atom stereocenters. The fraction of sp³-hybridized carbons (Fsp3) is 0.320. The summed E-state index contributed by atoms with van der Waals surface area (Å²) >= 11 is 1.84. The minimum atomic E-state index is -0.0700. The fourth-order valence-electron chi connectivity index (χ4n) is 4.32. The van der Waals surface area contributed by atoms with Gasteiger partial charge in [-0.1, -0.05) is 49.4 Å². The van der Waals surface area contributed by atoms with Crippen molar-refractivity contribution in [1.82, 2.24) is 10.2 Å². The number of nitrogens with zero attached hydrogens (tertiary/aromatic N) is 1. The zero-order chi connectivity index (χ0) is 21.1. The van der Waals surface area contributed by atoms with E-state index in [4.69, 9.17) is 4.74 Å². The number of aryl methyl sites for hydroxylation is 1. The number of urea groups is 1. The number of methoxy groups -OCH3 is 1. The van der Waals surface area contributed by atoms with Gasteiger partial charge in [0.05, 0.1) is 13.2 Å². The molecule has 0 bridgehead atoms. The highest BCUT2D eigenvalue weighted by atomic mass is 32.1. The first-order valence-corrected chi connectivity index (χ1v) is 11.3. The van der Waals surface area contributed by atoms with Crippen molar-refractivity contribution in [2.45, 2.75) is 39.3 Å². The second-order valence-electron chi connectivity index (χ2n) is 7.60. The van der Waals surface area contributed by atoms with Gasteiger partial charge in [0.2, 0.25) is 0 Å². The summed E-state index contributed by atoms with van der Waals surface area (Å²) in [5, 5.41) is 3.12. The summed E-state index contributed by atoms with van der Waals surface area (Å²) in [5.74, 6) is 0.825. The Hall–Kier alpha value is -2.79. The maximum absolute atomic E-state index is 13.2. The molecular weight excluding hydrogens is 392 g/mol. The lowest BCUT2D eigenvalue weighted by Gasteiger charge is -2.36. The van der Waals surface area contributed by atoms with Gasteiger partial charge in [0, 0.05) is 22.8 Å². The molecule has 0 fully saturated rings. The summed E-state index contributed by atoms with van der Waals surface area (Å²) in [7, 11) is 1.67. The van der Waals surface area contributed by atoms with Crippen LogP contribution in [0.15, 0.2) is 54.6 Å². The van der Waals surface area contributed by atoms with E-state index in [1.165, 1.54) is 20.9 Å². The summed E-state index contributed by atoms with van der Waals surface area (Å²) in [6.45, 7) is 5.67. The van der Waals surface area contributed by atoms with Crippen LogP contribution in [0.25, 0.3) is 0 Å². The largest absolute Gasteiger partial charge is 0.497 e. The van der Waals surface area contributed by atoms with Crippen LogP contribution in [0.2, 0.25) is 0 Å². The van der Waals surface area contributed by atoms with Crippen LogP contribution in [0, 0.1) is 6.92 Å². The van der Waals surface area contributed by atoms with E-state index in [9.17, 15) is 4.79 Å². The molecule has 1 N–H and O–H groups in total. The number of hydrogen-bond acceptors (Lipinski definition) is 3. The molecule has 30 heavy (non-hydrogen) atoms.